The van der Waals surface area contributed by atoms with Crippen molar-refractivity contribution < 1.29 is 14.3 Å². The SMILES string of the molecule is COc1cccc(C2C3=C(CCCC3=O)Nc3nc(-c4cccnc4)nn32)c1OC. The summed E-state index contributed by atoms with van der Waals surface area (Å²) < 4.78 is 13.0. The maximum absolute atomic E-state index is 13.0. The summed E-state index contributed by atoms with van der Waals surface area (Å²) in [7, 11) is 3.20. The summed E-state index contributed by atoms with van der Waals surface area (Å²) in [6.45, 7) is 0. The Bertz CT molecular complexity index is 1150. The number of pyridine rings is 1. The molecule has 8 nitrogen and oxygen atoms in total. The van der Waals surface area contributed by atoms with Crippen molar-refractivity contribution >= 4 is 11.7 Å². The van der Waals surface area contributed by atoms with E-state index in [9.17, 15) is 4.79 Å². The van der Waals surface area contributed by atoms with E-state index in [1.165, 1.54) is 0 Å². The molecule has 0 amide bonds. The molecule has 2 aliphatic rings. The van der Waals surface area contributed by atoms with Gasteiger partial charge in [-0.1, -0.05) is 12.1 Å². The monoisotopic (exact) mass is 403 g/mol. The van der Waals surface area contributed by atoms with Crippen molar-refractivity contribution in [3.63, 3.8) is 0 Å². The number of aromatic nitrogens is 4. The average Bonchev–Trinajstić information content (AvgIpc) is 3.21. The molecule has 0 saturated carbocycles. The molecule has 0 bridgehead atoms. The predicted molar refractivity (Wildman–Crippen MR) is 110 cm³/mol. The zero-order valence-corrected chi connectivity index (χ0v) is 16.8. The minimum atomic E-state index is -0.452. The number of carbonyl (C=O) groups excluding carboxylic acids is 1. The average molecular weight is 403 g/mol. The Hall–Kier alpha value is -3.68. The van der Waals surface area contributed by atoms with E-state index in [1.54, 1.807) is 31.3 Å². The van der Waals surface area contributed by atoms with E-state index in [0.29, 0.717) is 35.3 Å². The number of hydrogen-bond donors (Lipinski definition) is 1. The molecule has 1 aliphatic heterocycles. The lowest BCUT2D eigenvalue weighted by molar-refractivity contribution is -0.116. The van der Waals surface area contributed by atoms with Gasteiger partial charge >= 0.3 is 0 Å². The highest BCUT2D eigenvalue weighted by Gasteiger charge is 2.38. The minimum absolute atomic E-state index is 0.114. The van der Waals surface area contributed by atoms with Gasteiger partial charge in [0.15, 0.2) is 23.1 Å². The van der Waals surface area contributed by atoms with Crippen LogP contribution in [0, 0.1) is 0 Å². The molecular formula is C22H21N5O3. The van der Waals surface area contributed by atoms with Gasteiger partial charge in [0.25, 0.3) is 0 Å². The van der Waals surface area contributed by atoms with Crippen molar-refractivity contribution in [1.29, 1.82) is 0 Å². The number of rotatable bonds is 4. The Kier molecular flexibility index (Phi) is 4.46. The Labute approximate surface area is 173 Å². The summed E-state index contributed by atoms with van der Waals surface area (Å²) in [4.78, 5) is 21.9. The number of fused-ring (bicyclic) bond motifs is 1. The van der Waals surface area contributed by atoms with E-state index in [4.69, 9.17) is 19.6 Å². The van der Waals surface area contributed by atoms with Crippen LogP contribution >= 0.6 is 0 Å². The summed E-state index contributed by atoms with van der Waals surface area (Å²) in [6, 6.07) is 8.98. The fourth-order valence-electron chi connectivity index (χ4n) is 4.19. The number of carbonyl (C=O) groups is 1. The maximum atomic E-state index is 13.0. The van der Waals surface area contributed by atoms with Crippen LogP contribution in [0.4, 0.5) is 5.95 Å². The Morgan fingerprint density at radius 3 is 2.80 bits per heavy atom. The zero-order valence-electron chi connectivity index (χ0n) is 16.8. The number of ketones is 1. The molecule has 30 heavy (non-hydrogen) atoms. The van der Waals surface area contributed by atoms with Gasteiger partial charge in [0.1, 0.15) is 6.04 Å². The van der Waals surface area contributed by atoms with Crippen molar-refractivity contribution in [2.24, 2.45) is 0 Å². The molecule has 152 valence electrons. The number of Topliss-reactive ketones (excluding diaryl/α,β-unsaturated/α-hetero) is 1. The van der Waals surface area contributed by atoms with Crippen LogP contribution in [0.15, 0.2) is 54.0 Å². The number of allylic oxidation sites excluding steroid dienone is 2. The predicted octanol–water partition coefficient (Wildman–Crippen LogP) is 3.38. The van der Waals surface area contributed by atoms with Gasteiger partial charge in [0, 0.05) is 41.2 Å². The molecular weight excluding hydrogens is 382 g/mol. The number of methoxy groups -OCH3 is 2. The summed E-state index contributed by atoms with van der Waals surface area (Å²) in [6.07, 6.45) is 5.56. The van der Waals surface area contributed by atoms with Gasteiger partial charge in [-0.2, -0.15) is 4.98 Å². The minimum Gasteiger partial charge on any atom is -0.493 e. The maximum Gasteiger partial charge on any atom is 0.226 e. The van der Waals surface area contributed by atoms with Gasteiger partial charge in [-0.15, -0.1) is 5.10 Å². The van der Waals surface area contributed by atoms with Gasteiger partial charge < -0.3 is 14.8 Å². The number of anilines is 1. The van der Waals surface area contributed by atoms with Crippen LogP contribution in [0.25, 0.3) is 11.4 Å². The first-order valence-electron chi connectivity index (χ1n) is 9.82. The van der Waals surface area contributed by atoms with Gasteiger partial charge in [0.05, 0.1) is 14.2 Å². The number of ether oxygens (including phenoxy) is 2. The second kappa shape index (κ2) is 7.29. The summed E-state index contributed by atoms with van der Waals surface area (Å²) >= 11 is 0. The first kappa shape index (κ1) is 18.4. The van der Waals surface area contributed by atoms with Crippen LogP contribution in [0.5, 0.6) is 11.5 Å². The normalized spacial score (nSPS) is 17.8. The van der Waals surface area contributed by atoms with E-state index in [-0.39, 0.29) is 5.78 Å². The third kappa shape index (κ3) is 2.83. The molecule has 1 unspecified atom stereocenters. The van der Waals surface area contributed by atoms with Crippen LogP contribution in [0.1, 0.15) is 30.9 Å². The van der Waals surface area contributed by atoms with Crippen LogP contribution in [-0.4, -0.2) is 39.8 Å². The lowest BCUT2D eigenvalue weighted by Crippen LogP contribution is -2.31. The fourth-order valence-corrected chi connectivity index (χ4v) is 4.19. The molecule has 0 fully saturated rings. The van der Waals surface area contributed by atoms with E-state index in [0.717, 1.165) is 29.7 Å². The summed E-state index contributed by atoms with van der Waals surface area (Å²) in [5.41, 5.74) is 3.23. The lowest BCUT2D eigenvalue weighted by atomic mass is 9.85. The molecule has 1 atom stereocenters. The van der Waals surface area contributed by atoms with E-state index < -0.39 is 6.04 Å². The van der Waals surface area contributed by atoms with Crippen LogP contribution in [0.2, 0.25) is 0 Å². The molecule has 3 aromatic rings. The molecule has 2 aromatic heterocycles. The highest BCUT2D eigenvalue weighted by molar-refractivity contribution is 5.99. The van der Waals surface area contributed by atoms with Gasteiger partial charge in [-0.05, 0) is 31.0 Å². The van der Waals surface area contributed by atoms with Crippen molar-refractivity contribution in [3.8, 4) is 22.9 Å². The molecule has 1 aromatic carbocycles. The first-order chi connectivity index (χ1) is 14.7. The van der Waals surface area contributed by atoms with Crippen LogP contribution in [-0.2, 0) is 4.79 Å². The highest BCUT2D eigenvalue weighted by atomic mass is 16.5. The molecule has 1 aliphatic carbocycles. The third-order valence-electron chi connectivity index (χ3n) is 5.52. The van der Waals surface area contributed by atoms with Crippen LogP contribution in [0.3, 0.4) is 0 Å². The summed E-state index contributed by atoms with van der Waals surface area (Å²) in [5, 5.41) is 8.10. The Balaban J connectivity index is 1.73. The lowest BCUT2D eigenvalue weighted by Gasteiger charge is -2.32. The van der Waals surface area contributed by atoms with Crippen molar-refractivity contribution in [2.45, 2.75) is 25.3 Å². The Morgan fingerprint density at radius 2 is 2.03 bits per heavy atom. The topological polar surface area (TPSA) is 91.2 Å². The van der Waals surface area contributed by atoms with E-state index >= 15 is 0 Å². The molecule has 0 radical (unpaired) electrons. The third-order valence-corrected chi connectivity index (χ3v) is 5.52. The quantitative estimate of drug-likeness (QED) is 0.714. The standard InChI is InChI=1S/C22H21N5O3/c1-29-17-10-3-7-14(20(17)30-2)19-18-15(8-4-9-16(18)28)24-22-25-21(26-27(19)22)13-6-5-11-23-12-13/h3,5-7,10-12,19H,4,8-9H2,1-2H3,(H,24,25,26). The molecule has 1 N–H and O–H groups in total. The molecule has 8 heteroatoms. The second-order valence-electron chi connectivity index (χ2n) is 7.22. The second-order valence-corrected chi connectivity index (χ2v) is 7.22. The van der Waals surface area contributed by atoms with Crippen molar-refractivity contribution in [2.75, 3.05) is 19.5 Å². The van der Waals surface area contributed by atoms with Crippen molar-refractivity contribution in [3.05, 3.63) is 59.6 Å². The molecule has 0 spiro atoms. The highest BCUT2D eigenvalue weighted by Crippen LogP contribution is 2.45. The molecule has 0 saturated heterocycles. The fraction of sp³-hybridized carbons (Fsp3) is 0.273. The zero-order chi connectivity index (χ0) is 20.7. The van der Waals surface area contributed by atoms with Gasteiger partial charge in [-0.3, -0.25) is 9.78 Å². The van der Waals surface area contributed by atoms with Gasteiger partial charge in [0.2, 0.25) is 5.95 Å². The smallest absolute Gasteiger partial charge is 0.226 e. The Morgan fingerprint density at radius 1 is 1.13 bits per heavy atom. The number of benzene rings is 1. The van der Waals surface area contributed by atoms with Gasteiger partial charge in [-0.25, -0.2) is 4.68 Å². The number of nitrogens with one attached hydrogen (secondary N) is 1. The van der Waals surface area contributed by atoms with E-state index in [2.05, 4.69) is 10.3 Å². The van der Waals surface area contributed by atoms with Crippen LogP contribution < -0.4 is 14.8 Å². The van der Waals surface area contributed by atoms with E-state index in [1.807, 2.05) is 30.3 Å². The number of para-hydroxylation sites is 1. The van der Waals surface area contributed by atoms with Crippen molar-refractivity contribution in [1.82, 2.24) is 19.7 Å². The largest absolute Gasteiger partial charge is 0.493 e. The number of hydrogen-bond acceptors (Lipinski definition) is 7. The molecule has 3 heterocycles. The number of nitrogens with zero attached hydrogens (tertiary/aromatic N) is 4. The first-order valence-corrected chi connectivity index (χ1v) is 9.82. The molecule has 5 rings (SSSR count). The summed E-state index contributed by atoms with van der Waals surface area (Å²) in [5.74, 6) is 2.44.